The molecule has 32 heavy (non-hydrogen) atoms. The van der Waals surface area contributed by atoms with Gasteiger partial charge in [0, 0.05) is 4.88 Å². The molecule has 11 heteroatoms. The molecule has 0 aliphatic heterocycles. The summed E-state index contributed by atoms with van der Waals surface area (Å²) in [4.78, 5) is 11.3. The standard InChI is InChI=1S/C21H22F4N6S/c1-21(2,3)10-4-5-11-14(6-10)32-20-16(11)19-27-15(29-31(19)9-26-20)8-30-13(18(24)25)7-12(28-30)17(22)23/h7,9-10,17-18H,4-6,8H2,1-3H3. The molecule has 170 valence electrons. The number of alkyl halides is 4. The van der Waals surface area contributed by atoms with Crippen LogP contribution in [0.15, 0.2) is 12.4 Å². The van der Waals surface area contributed by atoms with Gasteiger partial charge in [0.25, 0.3) is 12.9 Å². The molecule has 0 radical (unpaired) electrons. The van der Waals surface area contributed by atoms with Crippen LogP contribution in [0.4, 0.5) is 17.6 Å². The Hall–Kier alpha value is -2.56. The predicted octanol–water partition coefficient (Wildman–Crippen LogP) is 5.61. The molecule has 0 N–H and O–H groups in total. The molecule has 1 unspecified atom stereocenters. The van der Waals surface area contributed by atoms with E-state index >= 15 is 0 Å². The SMILES string of the molecule is CC(C)(C)C1CCc2c(sc3ncn4nc(Cn5nc(C(F)F)cc5C(F)F)nc4c23)C1. The van der Waals surface area contributed by atoms with Crippen LogP contribution in [-0.2, 0) is 19.4 Å². The first-order chi connectivity index (χ1) is 15.1. The number of aromatic nitrogens is 6. The summed E-state index contributed by atoms with van der Waals surface area (Å²) in [6.45, 7) is 6.56. The second-order valence-electron chi connectivity index (χ2n) is 9.28. The fourth-order valence-corrected chi connectivity index (χ4v) is 5.68. The van der Waals surface area contributed by atoms with Gasteiger partial charge in [-0.05, 0) is 42.2 Å². The highest BCUT2D eigenvalue weighted by atomic mass is 32.1. The largest absolute Gasteiger partial charge is 0.282 e. The van der Waals surface area contributed by atoms with E-state index in [2.05, 4.69) is 40.9 Å². The van der Waals surface area contributed by atoms with Crippen LogP contribution in [0.1, 0.15) is 67.7 Å². The lowest BCUT2D eigenvalue weighted by Crippen LogP contribution is -2.26. The van der Waals surface area contributed by atoms with E-state index in [9.17, 15) is 17.6 Å². The zero-order valence-corrected chi connectivity index (χ0v) is 18.6. The summed E-state index contributed by atoms with van der Waals surface area (Å²) in [5.41, 5.74) is 0.797. The Morgan fingerprint density at radius 3 is 2.62 bits per heavy atom. The maximum absolute atomic E-state index is 13.3. The number of aryl methyl sites for hydroxylation is 1. The minimum Gasteiger partial charge on any atom is -0.256 e. The molecule has 1 aliphatic carbocycles. The van der Waals surface area contributed by atoms with Gasteiger partial charge in [0.05, 0.1) is 5.39 Å². The highest BCUT2D eigenvalue weighted by molar-refractivity contribution is 7.19. The average Bonchev–Trinajstić information content (AvgIpc) is 3.40. The molecule has 1 aliphatic rings. The lowest BCUT2D eigenvalue weighted by molar-refractivity contribution is 0.139. The number of nitrogens with zero attached hydrogens (tertiary/aromatic N) is 6. The Balaban J connectivity index is 1.54. The first-order valence-electron chi connectivity index (χ1n) is 10.4. The monoisotopic (exact) mass is 466 g/mol. The number of rotatable bonds is 4. The van der Waals surface area contributed by atoms with Gasteiger partial charge in [-0.25, -0.2) is 32.0 Å². The lowest BCUT2D eigenvalue weighted by Gasteiger charge is -2.33. The zero-order chi connectivity index (χ0) is 22.8. The molecule has 0 bridgehead atoms. The molecule has 0 saturated heterocycles. The van der Waals surface area contributed by atoms with Crippen molar-refractivity contribution in [2.24, 2.45) is 11.3 Å². The predicted molar refractivity (Wildman–Crippen MR) is 112 cm³/mol. The molecule has 4 heterocycles. The van der Waals surface area contributed by atoms with Crippen LogP contribution in [0.5, 0.6) is 0 Å². The molecule has 6 nitrogen and oxygen atoms in total. The van der Waals surface area contributed by atoms with E-state index in [1.165, 1.54) is 15.0 Å². The van der Waals surface area contributed by atoms with E-state index in [0.29, 0.717) is 11.6 Å². The Bertz CT molecular complexity index is 1300. The topological polar surface area (TPSA) is 60.9 Å². The minimum absolute atomic E-state index is 0.216. The Kier molecular flexibility index (Phi) is 4.99. The summed E-state index contributed by atoms with van der Waals surface area (Å²) in [5, 5.41) is 8.93. The van der Waals surface area contributed by atoms with Crippen LogP contribution in [0.3, 0.4) is 0 Å². The minimum atomic E-state index is -2.93. The molecule has 1 atom stereocenters. The normalized spacial score (nSPS) is 17.2. The molecule has 0 fully saturated rings. The lowest BCUT2D eigenvalue weighted by atomic mass is 9.72. The van der Waals surface area contributed by atoms with Gasteiger partial charge < -0.3 is 0 Å². The quantitative estimate of drug-likeness (QED) is 0.367. The second kappa shape index (κ2) is 7.50. The van der Waals surface area contributed by atoms with Crippen molar-refractivity contribution in [3.63, 3.8) is 0 Å². The fourth-order valence-electron chi connectivity index (χ4n) is 4.42. The van der Waals surface area contributed by atoms with Crippen molar-refractivity contribution < 1.29 is 17.6 Å². The van der Waals surface area contributed by atoms with Gasteiger partial charge in [0.1, 0.15) is 29.1 Å². The molecule has 0 saturated carbocycles. The number of hydrogen-bond donors (Lipinski definition) is 0. The van der Waals surface area contributed by atoms with Crippen molar-refractivity contribution in [1.29, 1.82) is 0 Å². The van der Waals surface area contributed by atoms with Crippen molar-refractivity contribution in [1.82, 2.24) is 29.4 Å². The van der Waals surface area contributed by atoms with Crippen molar-refractivity contribution in [3.8, 4) is 0 Å². The average molecular weight is 467 g/mol. The van der Waals surface area contributed by atoms with Crippen LogP contribution in [0.2, 0.25) is 0 Å². The van der Waals surface area contributed by atoms with E-state index in [4.69, 9.17) is 0 Å². The number of hydrogen-bond acceptors (Lipinski definition) is 5. The Labute approximate surface area is 185 Å². The molecule has 0 aromatic carbocycles. The van der Waals surface area contributed by atoms with Gasteiger partial charge in [0.15, 0.2) is 11.5 Å². The fraction of sp³-hybridized carbons (Fsp3) is 0.524. The van der Waals surface area contributed by atoms with Crippen LogP contribution < -0.4 is 0 Å². The zero-order valence-electron chi connectivity index (χ0n) is 17.8. The van der Waals surface area contributed by atoms with E-state index in [0.717, 1.165) is 40.2 Å². The van der Waals surface area contributed by atoms with Gasteiger partial charge in [-0.2, -0.15) is 5.10 Å². The van der Waals surface area contributed by atoms with Crippen molar-refractivity contribution in [3.05, 3.63) is 40.0 Å². The molecule has 0 spiro atoms. The van der Waals surface area contributed by atoms with Gasteiger partial charge >= 0.3 is 0 Å². The molecular weight excluding hydrogens is 444 g/mol. The molecule has 4 aromatic rings. The molecular formula is C21H22F4N6S. The molecule has 5 rings (SSSR count). The van der Waals surface area contributed by atoms with Gasteiger partial charge in [-0.15, -0.1) is 16.4 Å². The van der Waals surface area contributed by atoms with Gasteiger partial charge in [-0.3, -0.25) is 4.68 Å². The summed E-state index contributed by atoms with van der Waals surface area (Å²) in [6.07, 6.45) is -1.31. The first-order valence-corrected chi connectivity index (χ1v) is 11.2. The second-order valence-corrected chi connectivity index (χ2v) is 10.4. The third-order valence-corrected chi connectivity index (χ3v) is 7.39. The summed E-state index contributed by atoms with van der Waals surface area (Å²) in [5.74, 6) is 0.803. The van der Waals surface area contributed by atoms with E-state index in [-0.39, 0.29) is 17.8 Å². The Morgan fingerprint density at radius 2 is 1.94 bits per heavy atom. The molecule has 4 aromatic heterocycles. The highest BCUT2D eigenvalue weighted by Gasteiger charge is 2.32. The number of fused-ring (bicyclic) bond motifs is 5. The maximum atomic E-state index is 13.3. The summed E-state index contributed by atoms with van der Waals surface area (Å²) < 4.78 is 55.0. The van der Waals surface area contributed by atoms with E-state index < -0.39 is 24.2 Å². The van der Waals surface area contributed by atoms with Gasteiger partial charge in [0.2, 0.25) is 0 Å². The molecule has 0 amide bonds. The van der Waals surface area contributed by atoms with Crippen LogP contribution in [0, 0.1) is 11.3 Å². The Morgan fingerprint density at radius 1 is 1.16 bits per heavy atom. The van der Waals surface area contributed by atoms with Crippen molar-refractivity contribution in [2.75, 3.05) is 0 Å². The maximum Gasteiger partial charge on any atom is 0.282 e. The third-order valence-electron chi connectivity index (χ3n) is 6.22. The van der Waals surface area contributed by atoms with Gasteiger partial charge in [-0.1, -0.05) is 20.8 Å². The third kappa shape index (κ3) is 3.56. The summed E-state index contributed by atoms with van der Waals surface area (Å²) in [7, 11) is 0. The van der Waals surface area contributed by atoms with E-state index in [1.807, 2.05) is 0 Å². The smallest absolute Gasteiger partial charge is 0.256 e. The first kappa shape index (κ1) is 21.3. The number of halogens is 4. The van der Waals surface area contributed by atoms with Crippen LogP contribution >= 0.6 is 11.3 Å². The van der Waals surface area contributed by atoms with Crippen molar-refractivity contribution >= 4 is 27.2 Å². The van der Waals surface area contributed by atoms with Crippen molar-refractivity contribution in [2.45, 2.75) is 59.4 Å². The number of thiophene rings is 1. The van der Waals surface area contributed by atoms with Crippen LogP contribution in [-0.4, -0.2) is 29.4 Å². The summed E-state index contributed by atoms with van der Waals surface area (Å²) >= 11 is 1.67. The summed E-state index contributed by atoms with van der Waals surface area (Å²) in [6, 6.07) is 0.728. The van der Waals surface area contributed by atoms with E-state index in [1.54, 1.807) is 17.7 Å². The van der Waals surface area contributed by atoms with Crippen LogP contribution in [0.25, 0.3) is 15.9 Å². The highest BCUT2D eigenvalue weighted by Crippen LogP contribution is 2.43.